The summed E-state index contributed by atoms with van der Waals surface area (Å²) in [6.45, 7) is 3.91. The van der Waals surface area contributed by atoms with Gasteiger partial charge in [-0.2, -0.15) is 0 Å². The Bertz CT molecular complexity index is 250. The molecule has 2 rings (SSSR count). The molecule has 2 unspecified atom stereocenters. The van der Waals surface area contributed by atoms with Crippen molar-refractivity contribution in [1.29, 1.82) is 0 Å². The summed E-state index contributed by atoms with van der Waals surface area (Å²) in [6, 6.07) is 0.455. The molecule has 1 fully saturated rings. The van der Waals surface area contributed by atoms with E-state index in [0.717, 1.165) is 18.3 Å². The van der Waals surface area contributed by atoms with E-state index in [2.05, 4.69) is 17.2 Å². The Morgan fingerprint density at radius 1 is 1.69 bits per heavy atom. The van der Waals surface area contributed by atoms with Crippen molar-refractivity contribution in [2.75, 3.05) is 18.5 Å². The Hall–Kier alpha value is -0.610. The van der Waals surface area contributed by atoms with Crippen LogP contribution in [0.3, 0.4) is 0 Å². The smallest absolute Gasteiger partial charge is 0.182 e. The highest BCUT2D eigenvalue weighted by Crippen LogP contribution is 2.22. The molecule has 0 radical (unpaired) electrons. The van der Waals surface area contributed by atoms with Crippen LogP contribution in [0.15, 0.2) is 11.6 Å². The number of rotatable bonds is 3. The van der Waals surface area contributed by atoms with Crippen molar-refractivity contribution in [3.8, 4) is 0 Å². The molecular weight excluding hydrogens is 184 g/mol. The van der Waals surface area contributed by atoms with Gasteiger partial charge in [0.25, 0.3) is 0 Å². The van der Waals surface area contributed by atoms with Crippen LogP contribution in [0, 0.1) is 5.92 Å². The number of hydrogen-bond acceptors (Lipinski definition) is 4. The predicted octanol–water partition coefficient (Wildman–Crippen LogP) is 1.98. The first kappa shape index (κ1) is 8.97. The van der Waals surface area contributed by atoms with Crippen LogP contribution >= 0.6 is 11.3 Å². The fraction of sp³-hybridized carbons (Fsp3) is 0.667. The number of thiazole rings is 1. The average Bonchev–Trinajstić information content (AvgIpc) is 2.76. The minimum atomic E-state index is 0.455. The normalized spacial score (nSPS) is 27.8. The molecule has 1 N–H and O–H groups in total. The Morgan fingerprint density at radius 3 is 3.31 bits per heavy atom. The van der Waals surface area contributed by atoms with Crippen LogP contribution in [0.1, 0.15) is 13.3 Å². The van der Waals surface area contributed by atoms with E-state index in [0.29, 0.717) is 12.0 Å². The lowest BCUT2D eigenvalue weighted by atomic mass is 10.0. The van der Waals surface area contributed by atoms with Gasteiger partial charge in [-0.3, -0.25) is 0 Å². The summed E-state index contributed by atoms with van der Waals surface area (Å²) in [7, 11) is 0. The van der Waals surface area contributed by atoms with Gasteiger partial charge in [0.1, 0.15) is 0 Å². The van der Waals surface area contributed by atoms with Crippen molar-refractivity contribution in [1.82, 2.24) is 4.98 Å². The molecule has 1 saturated heterocycles. The maximum atomic E-state index is 5.42. The highest BCUT2D eigenvalue weighted by Gasteiger charge is 2.26. The largest absolute Gasteiger partial charge is 0.379 e. The van der Waals surface area contributed by atoms with E-state index in [1.54, 1.807) is 11.3 Å². The first-order valence-corrected chi connectivity index (χ1v) is 5.52. The quantitative estimate of drug-likeness (QED) is 0.806. The molecule has 2 atom stereocenters. The van der Waals surface area contributed by atoms with Gasteiger partial charge >= 0.3 is 0 Å². The van der Waals surface area contributed by atoms with Gasteiger partial charge in [0, 0.05) is 17.5 Å². The fourth-order valence-electron chi connectivity index (χ4n) is 1.61. The number of nitrogens with zero attached hydrogens (tertiary/aromatic N) is 1. The predicted molar refractivity (Wildman–Crippen MR) is 54.1 cm³/mol. The lowest BCUT2D eigenvalue weighted by molar-refractivity contribution is 0.184. The van der Waals surface area contributed by atoms with Gasteiger partial charge in [0.15, 0.2) is 5.13 Å². The maximum Gasteiger partial charge on any atom is 0.182 e. The van der Waals surface area contributed by atoms with E-state index in [4.69, 9.17) is 4.74 Å². The third-order valence-corrected chi connectivity index (χ3v) is 3.17. The van der Waals surface area contributed by atoms with Crippen molar-refractivity contribution in [3.05, 3.63) is 11.6 Å². The van der Waals surface area contributed by atoms with Gasteiger partial charge < -0.3 is 10.1 Å². The van der Waals surface area contributed by atoms with Crippen LogP contribution in [0.2, 0.25) is 0 Å². The van der Waals surface area contributed by atoms with Crippen molar-refractivity contribution < 1.29 is 4.74 Å². The zero-order valence-corrected chi connectivity index (χ0v) is 8.51. The van der Waals surface area contributed by atoms with Crippen molar-refractivity contribution >= 4 is 16.5 Å². The zero-order valence-electron chi connectivity index (χ0n) is 7.69. The highest BCUT2D eigenvalue weighted by molar-refractivity contribution is 7.13. The third kappa shape index (κ3) is 2.00. The van der Waals surface area contributed by atoms with E-state index in [1.165, 1.54) is 6.42 Å². The Balaban J connectivity index is 1.94. The van der Waals surface area contributed by atoms with Crippen LogP contribution in [0.5, 0.6) is 0 Å². The van der Waals surface area contributed by atoms with Crippen LogP contribution in [0.25, 0.3) is 0 Å². The average molecular weight is 198 g/mol. The van der Waals surface area contributed by atoms with E-state index < -0.39 is 0 Å². The topological polar surface area (TPSA) is 34.1 Å². The number of hydrogen-bond donors (Lipinski definition) is 1. The molecule has 0 aliphatic carbocycles. The first-order chi connectivity index (χ1) is 6.40. The van der Waals surface area contributed by atoms with Crippen LogP contribution in [-0.4, -0.2) is 24.2 Å². The SMILES string of the molecule is CCC1COCC1Nc1nccs1. The van der Waals surface area contributed by atoms with Crippen molar-refractivity contribution in [2.24, 2.45) is 5.92 Å². The lowest BCUT2D eigenvalue weighted by Crippen LogP contribution is -2.27. The van der Waals surface area contributed by atoms with Gasteiger partial charge in [-0.05, 0) is 6.42 Å². The minimum Gasteiger partial charge on any atom is -0.379 e. The Kier molecular flexibility index (Phi) is 2.80. The van der Waals surface area contributed by atoms with E-state index in [9.17, 15) is 0 Å². The second-order valence-electron chi connectivity index (χ2n) is 3.29. The Morgan fingerprint density at radius 2 is 2.62 bits per heavy atom. The molecular formula is C9H14N2OS. The summed E-state index contributed by atoms with van der Waals surface area (Å²) in [5.74, 6) is 0.642. The van der Waals surface area contributed by atoms with Crippen molar-refractivity contribution in [2.45, 2.75) is 19.4 Å². The Labute approximate surface area is 82.1 Å². The summed E-state index contributed by atoms with van der Waals surface area (Å²) in [5.41, 5.74) is 0. The summed E-state index contributed by atoms with van der Waals surface area (Å²) < 4.78 is 5.42. The maximum absolute atomic E-state index is 5.42. The first-order valence-electron chi connectivity index (χ1n) is 4.64. The molecule has 0 spiro atoms. The number of nitrogens with one attached hydrogen (secondary N) is 1. The summed E-state index contributed by atoms with van der Waals surface area (Å²) in [5, 5.41) is 6.40. The molecule has 72 valence electrons. The molecule has 0 amide bonds. The van der Waals surface area contributed by atoms with Crippen LogP contribution < -0.4 is 5.32 Å². The molecule has 2 heterocycles. The van der Waals surface area contributed by atoms with Gasteiger partial charge in [0.2, 0.25) is 0 Å². The number of ether oxygens (including phenoxy) is 1. The standard InChI is InChI=1S/C9H14N2OS/c1-2-7-5-12-6-8(7)11-9-10-3-4-13-9/h3-4,7-8H,2,5-6H2,1H3,(H,10,11). The minimum absolute atomic E-state index is 0.455. The van der Waals surface area contributed by atoms with Gasteiger partial charge in [-0.1, -0.05) is 6.92 Å². The molecule has 1 aromatic rings. The monoisotopic (exact) mass is 198 g/mol. The van der Waals surface area contributed by atoms with Gasteiger partial charge in [-0.15, -0.1) is 11.3 Å². The van der Waals surface area contributed by atoms with Gasteiger partial charge in [-0.25, -0.2) is 4.98 Å². The molecule has 0 saturated carbocycles. The fourth-order valence-corrected chi connectivity index (χ4v) is 2.21. The van der Waals surface area contributed by atoms with Crippen LogP contribution in [-0.2, 0) is 4.74 Å². The second kappa shape index (κ2) is 4.07. The third-order valence-electron chi connectivity index (χ3n) is 2.46. The summed E-state index contributed by atoms with van der Waals surface area (Å²) in [4.78, 5) is 4.20. The van der Waals surface area contributed by atoms with Crippen LogP contribution in [0.4, 0.5) is 5.13 Å². The van der Waals surface area contributed by atoms with E-state index >= 15 is 0 Å². The zero-order chi connectivity index (χ0) is 9.10. The molecule has 13 heavy (non-hydrogen) atoms. The van der Waals surface area contributed by atoms with E-state index in [1.807, 2.05) is 11.6 Å². The molecule has 0 bridgehead atoms. The summed E-state index contributed by atoms with van der Waals surface area (Å²) in [6.07, 6.45) is 2.99. The lowest BCUT2D eigenvalue weighted by Gasteiger charge is -2.16. The molecule has 3 nitrogen and oxygen atoms in total. The van der Waals surface area contributed by atoms with Gasteiger partial charge in [0.05, 0.1) is 19.3 Å². The highest BCUT2D eigenvalue weighted by atomic mass is 32.1. The molecule has 1 aliphatic rings. The number of anilines is 1. The number of aromatic nitrogens is 1. The second-order valence-corrected chi connectivity index (χ2v) is 4.19. The molecule has 0 aromatic carbocycles. The summed E-state index contributed by atoms with van der Waals surface area (Å²) >= 11 is 1.64. The molecule has 1 aromatic heterocycles. The molecule has 4 heteroatoms. The van der Waals surface area contributed by atoms with E-state index in [-0.39, 0.29) is 0 Å². The van der Waals surface area contributed by atoms with Crippen molar-refractivity contribution in [3.63, 3.8) is 0 Å². The molecule has 1 aliphatic heterocycles.